The monoisotopic (exact) mass is 574 g/mol. The molecule has 0 amide bonds. The van der Waals surface area contributed by atoms with E-state index >= 15 is 0 Å². The first-order chi connectivity index (χ1) is 17.7. The van der Waals surface area contributed by atoms with Crippen LogP contribution in [0.1, 0.15) is 92.6 Å². The molecule has 0 heterocycles. The molecule has 0 saturated carbocycles. The smallest absolute Gasteiger partial charge is 0.0650 e. The lowest BCUT2D eigenvalue weighted by Gasteiger charge is -2.43. The molecule has 37 heavy (non-hydrogen) atoms. The standard InChI is InChI=1S/C35H47BrSi/c1-8-9-15-30(31-19-20-35(36)33-18-13-12-17-29(31)33)34-23-27-14-10-11-16-28(27)32(34)21-22-37(24(2)3,25(4)5)26(6)7/h12-13,15,17-21,23-26H,8-11,14,16,22H2,1-7H3/b30-15+,32-21-. The Morgan fingerprint density at radius 2 is 1.54 bits per heavy atom. The summed E-state index contributed by atoms with van der Waals surface area (Å²) in [6, 6.07) is 14.8. The third-order valence-electron chi connectivity index (χ3n) is 9.42. The molecule has 0 aromatic heterocycles. The van der Waals surface area contributed by atoms with Crippen LogP contribution in [0.4, 0.5) is 0 Å². The van der Waals surface area contributed by atoms with Crippen LogP contribution >= 0.6 is 15.9 Å². The van der Waals surface area contributed by atoms with E-state index in [0.29, 0.717) is 0 Å². The number of hydrogen-bond donors (Lipinski definition) is 0. The number of rotatable bonds is 9. The zero-order valence-corrected chi connectivity index (χ0v) is 26.8. The topological polar surface area (TPSA) is 0 Å². The molecule has 2 aliphatic rings. The summed E-state index contributed by atoms with van der Waals surface area (Å²) in [6.07, 6.45) is 15.3. The Kier molecular flexibility index (Phi) is 9.23. The van der Waals surface area contributed by atoms with Gasteiger partial charge in [0, 0.05) is 4.47 Å². The van der Waals surface area contributed by atoms with Crippen LogP contribution in [0, 0.1) is 0 Å². The molecule has 0 radical (unpaired) electrons. The number of allylic oxidation sites excluding steroid dienone is 8. The minimum Gasteiger partial charge on any atom is -0.0790 e. The fraction of sp³-hybridized carbons (Fsp3) is 0.486. The van der Waals surface area contributed by atoms with Gasteiger partial charge in [-0.3, -0.25) is 0 Å². The van der Waals surface area contributed by atoms with Gasteiger partial charge in [0.1, 0.15) is 0 Å². The minimum atomic E-state index is -1.52. The van der Waals surface area contributed by atoms with Gasteiger partial charge in [-0.1, -0.05) is 136 Å². The van der Waals surface area contributed by atoms with Crippen molar-refractivity contribution in [1.29, 1.82) is 0 Å². The van der Waals surface area contributed by atoms with Crippen molar-refractivity contribution >= 4 is 40.3 Å². The van der Waals surface area contributed by atoms with Crippen LogP contribution in [0.2, 0.25) is 22.7 Å². The van der Waals surface area contributed by atoms with Crippen molar-refractivity contribution in [2.24, 2.45) is 0 Å². The van der Waals surface area contributed by atoms with Gasteiger partial charge in [-0.05, 0) is 88.4 Å². The molecule has 0 spiro atoms. The lowest BCUT2D eigenvalue weighted by atomic mass is 9.86. The van der Waals surface area contributed by atoms with Crippen LogP contribution in [-0.4, -0.2) is 8.07 Å². The second kappa shape index (κ2) is 12.0. The Morgan fingerprint density at radius 1 is 0.892 bits per heavy atom. The number of unbranched alkanes of at least 4 members (excludes halogenated alkanes) is 1. The molecule has 0 fully saturated rings. The molecule has 0 bridgehead atoms. The molecule has 0 saturated heterocycles. The normalized spacial score (nSPS) is 18.1. The fourth-order valence-electron chi connectivity index (χ4n) is 7.40. The maximum absolute atomic E-state index is 3.82. The molecular weight excluding hydrogens is 528 g/mol. The van der Waals surface area contributed by atoms with Crippen molar-refractivity contribution in [3.8, 4) is 0 Å². The van der Waals surface area contributed by atoms with Gasteiger partial charge in [0.05, 0.1) is 8.07 Å². The molecule has 198 valence electrons. The maximum Gasteiger partial charge on any atom is 0.0650 e. The molecule has 0 aliphatic heterocycles. The van der Waals surface area contributed by atoms with Crippen molar-refractivity contribution in [1.82, 2.24) is 0 Å². The fourth-order valence-corrected chi connectivity index (χ4v) is 13.9. The van der Waals surface area contributed by atoms with Crippen molar-refractivity contribution in [3.05, 3.63) is 87.0 Å². The first-order valence-electron chi connectivity index (χ1n) is 14.7. The van der Waals surface area contributed by atoms with Crippen LogP contribution in [0.5, 0.6) is 0 Å². The molecule has 0 N–H and O–H groups in total. The highest BCUT2D eigenvalue weighted by Crippen LogP contribution is 2.49. The van der Waals surface area contributed by atoms with Crippen molar-refractivity contribution in [2.75, 3.05) is 0 Å². The molecule has 2 aromatic rings. The highest BCUT2D eigenvalue weighted by molar-refractivity contribution is 9.10. The van der Waals surface area contributed by atoms with E-state index in [9.17, 15) is 0 Å². The second-order valence-corrected chi connectivity index (χ2v) is 19.2. The lowest BCUT2D eigenvalue weighted by molar-refractivity contribution is 0.694. The van der Waals surface area contributed by atoms with Crippen LogP contribution in [-0.2, 0) is 0 Å². The predicted molar refractivity (Wildman–Crippen MR) is 172 cm³/mol. The average molecular weight is 576 g/mol. The Balaban J connectivity index is 1.89. The summed E-state index contributed by atoms with van der Waals surface area (Å²) in [7, 11) is -1.52. The van der Waals surface area contributed by atoms with Crippen LogP contribution in [0.3, 0.4) is 0 Å². The Bertz CT molecular complexity index is 1230. The summed E-state index contributed by atoms with van der Waals surface area (Å²) in [5.41, 5.74) is 11.5. The van der Waals surface area contributed by atoms with E-state index in [-0.39, 0.29) is 0 Å². The number of fused-ring (bicyclic) bond motifs is 1. The summed E-state index contributed by atoms with van der Waals surface area (Å²) < 4.78 is 1.18. The van der Waals surface area contributed by atoms with Crippen molar-refractivity contribution < 1.29 is 0 Å². The van der Waals surface area contributed by atoms with E-state index in [4.69, 9.17) is 0 Å². The molecule has 2 heteroatoms. The SMILES string of the molecule is CCC/C=C(/C1=CC2=C(CCCC2)/C1=C/C[Si](C(C)C)(C(C)C)C(C)C)c1ccc(Br)c2ccccc12. The average Bonchev–Trinajstić information content (AvgIpc) is 3.23. The number of hydrogen-bond acceptors (Lipinski definition) is 0. The molecule has 0 atom stereocenters. The second-order valence-electron chi connectivity index (χ2n) is 12.2. The minimum absolute atomic E-state index is 0.781. The highest BCUT2D eigenvalue weighted by Gasteiger charge is 2.42. The van der Waals surface area contributed by atoms with Gasteiger partial charge in [0.25, 0.3) is 0 Å². The summed E-state index contributed by atoms with van der Waals surface area (Å²) in [4.78, 5) is 0. The van der Waals surface area contributed by atoms with E-state index in [1.165, 1.54) is 70.1 Å². The zero-order chi connectivity index (χ0) is 26.7. The Labute approximate surface area is 236 Å². The van der Waals surface area contributed by atoms with Gasteiger partial charge in [0.2, 0.25) is 0 Å². The van der Waals surface area contributed by atoms with Gasteiger partial charge in [-0.15, -0.1) is 0 Å². The first-order valence-corrected chi connectivity index (χ1v) is 18.0. The molecule has 4 rings (SSSR count). The van der Waals surface area contributed by atoms with Crippen molar-refractivity contribution in [3.63, 3.8) is 0 Å². The molecular formula is C35H47BrSi. The van der Waals surface area contributed by atoms with E-state index in [2.05, 4.69) is 119 Å². The van der Waals surface area contributed by atoms with E-state index in [1.54, 1.807) is 16.7 Å². The predicted octanol–water partition coefficient (Wildman–Crippen LogP) is 12.2. The maximum atomic E-state index is 3.82. The Hall–Kier alpha value is -1.64. The third-order valence-corrected chi connectivity index (χ3v) is 17.5. The van der Waals surface area contributed by atoms with E-state index in [0.717, 1.165) is 23.0 Å². The highest BCUT2D eigenvalue weighted by atomic mass is 79.9. The zero-order valence-electron chi connectivity index (χ0n) is 24.3. The van der Waals surface area contributed by atoms with Gasteiger partial charge in [-0.25, -0.2) is 0 Å². The molecule has 0 nitrogen and oxygen atoms in total. The summed E-state index contributed by atoms with van der Waals surface area (Å²) in [5, 5.41) is 2.65. The Morgan fingerprint density at radius 3 is 2.19 bits per heavy atom. The quantitative estimate of drug-likeness (QED) is 0.261. The van der Waals surface area contributed by atoms with Crippen molar-refractivity contribution in [2.45, 2.75) is 110 Å². The third kappa shape index (κ3) is 5.43. The summed E-state index contributed by atoms with van der Waals surface area (Å²) in [5.74, 6) is 0. The molecule has 2 aliphatic carbocycles. The van der Waals surface area contributed by atoms with Gasteiger partial charge < -0.3 is 0 Å². The largest absolute Gasteiger partial charge is 0.0790 e. The number of benzene rings is 2. The van der Waals surface area contributed by atoms with Gasteiger partial charge in [0.15, 0.2) is 0 Å². The van der Waals surface area contributed by atoms with Crippen LogP contribution in [0.15, 0.2) is 81.4 Å². The summed E-state index contributed by atoms with van der Waals surface area (Å²) in [6.45, 7) is 17.3. The number of halogens is 1. The van der Waals surface area contributed by atoms with E-state index in [1.807, 2.05) is 0 Å². The summed E-state index contributed by atoms with van der Waals surface area (Å²) >= 11 is 3.82. The van der Waals surface area contributed by atoms with Gasteiger partial charge in [-0.2, -0.15) is 0 Å². The van der Waals surface area contributed by atoms with Crippen LogP contribution in [0.25, 0.3) is 16.3 Å². The lowest BCUT2D eigenvalue weighted by Crippen LogP contribution is -2.43. The van der Waals surface area contributed by atoms with Gasteiger partial charge >= 0.3 is 0 Å². The van der Waals surface area contributed by atoms with Crippen LogP contribution < -0.4 is 0 Å². The molecule has 0 unspecified atom stereocenters. The van der Waals surface area contributed by atoms with E-state index < -0.39 is 8.07 Å². The molecule has 2 aromatic carbocycles. The first kappa shape index (κ1) is 28.4.